The number of fused-ring (bicyclic) bond motifs is 1. The predicted molar refractivity (Wildman–Crippen MR) is 93.1 cm³/mol. The molecule has 25 heavy (non-hydrogen) atoms. The first kappa shape index (κ1) is 18.4. The minimum absolute atomic E-state index is 0.240. The first-order chi connectivity index (χ1) is 12.1. The summed E-state index contributed by atoms with van der Waals surface area (Å²) in [6.07, 6.45) is 0.714. The van der Waals surface area contributed by atoms with Crippen molar-refractivity contribution >= 4 is 28.6 Å². The van der Waals surface area contributed by atoms with Crippen molar-refractivity contribution in [3.05, 3.63) is 48.0 Å². The van der Waals surface area contributed by atoms with E-state index in [0.29, 0.717) is 25.1 Å². The highest BCUT2D eigenvalue weighted by molar-refractivity contribution is 6.04. The van der Waals surface area contributed by atoms with Crippen LogP contribution in [0.1, 0.15) is 30.1 Å². The van der Waals surface area contributed by atoms with E-state index in [4.69, 9.17) is 9.47 Å². The second-order valence-electron chi connectivity index (χ2n) is 5.36. The minimum atomic E-state index is -0.543. The van der Waals surface area contributed by atoms with Crippen molar-refractivity contribution in [2.24, 2.45) is 0 Å². The summed E-state index contributed by atoms with van der Waals surface area (Å²) in [5.74, 6) is -1.24. The Morgan fingerprint density at radius 3 is 2.56 bits per heavy atom. The van der Waals surface area contributed by atoms with Gasteiger partial charge in [-0.15, -0.1) is 0 Å². The summed E-state index contributed by atoms with van der Waals surface area (Å²) in [5, 5.41) is 4.31. The Balaban J connectivity index is 1.77. The summed E-state index contributed by atoms with van der Waals surface area (Å²) < 4.78 is 9.86. The lowest BCUT2D eigenvalue weighted by Gasteiger charge is -2.08. The van der Waals surface area contributed by atoms with Gasteiger partial charge in [-0.2, -0.15) is 0 Å². The van der Waals surface area contributed by atoms with Crippen LogP contribution in [0.5, 0.6) is 0 Å². The molecule has 0 heterocycles. The molecular weight excluding hydrogens is 322 g/mol. The summed E-state index contributed by atoms with van der Waals surface area (Å²) in [6, 6.07) is 12.8. The fraction of sp³-hybridized carbons (Fsp3) is 0.316. The Morgan fingerprint density at radius 1 is 1.00 bits per heavy atom. The van der Waals surface area contributed by atoms with Gasteiger partial charge >= 0.3 is 11.9 Å². The molecule has 0 spiro atoms. The van der Waals surface area contributed by atoms with Crippen LogP contribution in [-0.2, 0) is 19.1 Å². The molecular formula is C19H21NO5. The zero-order chi connectivity index (χ0) is 18.1. The maximum Gasteiger partial charge on any atom is 0.339 e. The van der Waals surface area contributed by atoms with Gasteiger partial charge in [0.1, 0.15) is 0 Å². The number of carbonyl (C=O) groups is 3. The fourth-order valence-corrected chi connectivity index (χ4v) is 2.36. The van der Waals surface area contributed by atoms with Crippen molar-refractivity contribution in [3.63, 3.8) is 0 Å². The van der Waals surface area contributed by atoms with E-state index in [0.717, 1.165) is 10.8 Å². The van der Waals surface area contributed by atoms with Crippen LogP contribution >= 0.6 is 0 Å². The topological polar surface area (TPSA) is 81.7 Å². The number of rotatable bonds is 8. The molecule has 0 aromatic heterocycles. The van der Waals surface area contributed by atoms with Crippen LogP contribution < -0.4 is 5.32 Å². The third-order valence-electron chi connectivity index (χ3n) is 3.53. The molecule has 0 fully saturated rings. The molecule has 6 heteroatoms. The molecule has 2 aromatic carbocycles. The smallest absolute Gasteiger partial charge is 0.339 e. The monoisotopic (exact) mass is 343 g/mol. The molecule has 0 atom stereocenters. The predicted octanol–water partition coefficient (Wildman–Crippen LogP) is 2.46. The molecule has 0 bridgehead atoms. The summed E-state index contributed by atoms with van der Waals surface area (Å²) >= 11 is 0. The summed E-state index contributed by atoms with van der Waals surface area (Å²) in [7, 11) is 0. The number of ether oxygens (including phenoxy) is 2. The van der Waals surface area contributed by atoms with E-state index in [-0.39, 0.29) is 19.0 Å². The number of hydrogen-bond acceptors (Lipinski definition) is 5. The van der Waals surface area contributed by atoms with Gasteiger partial charge in [0.25, 0.3) is 5.91 Å². The second-order valence-corrected chi connectivity index (χ2v) is 5.36. The van der Waals surface area contributed by atoms with Crippen LogP contribution in [-0.4, -0.2) is 37.6 Å². The van der Waals surface area contributed by atoms with E-state index in [1.165, 1.54) is 0 Å². The lowest BCUT2D eigenvalue weighted by molar-refractivity contribution is -0.143. The van der Waals surface area contributed by atoms with E-state index >= 15 is 0 Å². The lowest BCUT2D eigenvalue weighted by atomic mass is 10.1. The highest BCUT2D eigenvalue weighted by atomic mass is 16.5. The molecule has 1 N–H and O–H groups in total. The molecule has 0 aliphatic carbocycles. The zero-order valence-electron chi connectivity index (χ0n) is 14.1. The Labute approximate surface area is 146 Å². The average Bonchev–Trinajstić information content (AvgIpc) is 2.63. The van der Waals surface area contributed by atoms with Gasteiger partial charge in [0, 0.05) is 13.0 Å². The molecule has 0 unspecified atom stereocenters. The van der Waals surface area contributed by atoms with Crippen molar-refractivity contribution in [3.8, 4) is 0 Å². The number of carbonyl (C=O) groups excluding carboxylic acids is 3. The second kappa shape index (κ2) is 9.42. The quantitative estimate of drug-likeness (QED) is 0.588. The minimum Gasteiger partial charge on any atom is -0.466 e. The van der Waals surface area contributed by atoms with Crippen LogP contribution in [0, 0.1) is 0 Å². The average molecular weight is 343 g/mol. The van der Waals surface area contributed by atoms with Crippen LogP contribution in [0.25, 0.3) is 10.8 Å². The first-order valence-corrected chi connectivity index (χ1v) is 8.19. The number of amides is 1. The Kier molecular flexibility index (Phi) is 6.95. The van der Waals surface area contributed by atoms with Crippen molar-refractivity contribution in [2.45, 2.75) is 19.8 Å². The van der Waals surface area contributed by atoms with Crippen molar-refractivity contribution in [1.29, 1.82) is 0 Å². The van der Waals surface area contributed by atoms with Gasteiger partial charge in [0.2, 0.25) is 0 Å². The van der Waals surface area contributed by atoms with Gasteiger partial charge in [-0.3, -0.25) is 9.59 Å². The van der Waals surface area contributed by atoms with Crippen LogP contribution in [0.15, 0.2) is 42.5 Å². The summed E-state index contributed by atoms with van der Waals surface area (Å²) in [5.41, 5.74) is 0.424. The highest BCUT2D eigenvalue weighted by Gasteiger charge is 2.13. The van der Waals surface area contributed by atoms with Crippen molar-refractivity contribution in [2.75, 3.05) is 19.8 Å². The molecule has 0 aliphatic rings. The number of esters is 2. The van der Waals surface area contributed by atoms with Crippen LogP contribution in [0.4, 0.5) is 0 Å². The maximum absolute atomic E-state index is 12.2. The molecule has 0 radical (unpaired) electrons. The fourth-order valence-electron chi connectivity index (χ4n) is 2.36. The van der Waals surface area contributed by atoms with Crippen molar-refractivity contribution < 1.29 is 23.9 Å². The SMILES string of the molecule is CCOC(=O)CCCNC(=O)COC(=O)c1cccc2ccccc12. The number of hydrogen-bond donors (Lipinski definition) is 1. The summed E-state index contributed by atoms with van der Waals surface area (Å²) in [6.45, 7) is 2.05. The van der Waals surface area contributed by atoms with Gasteiger partial charge in [-0.1, -0.05) is 36.4 Å². The van der Waals surface area contributed by atoms with Crippen LogP contribution in [0.2, 0.25) is 0 Å². The van der Waals surface area contributed by atoms with E-state index in [2.05, 4.69) is 5.32 Å². The molecule has 1 amide bonds. The Morgan fingerprint density at radius 2 is 1.76 bits per heavy atom. The first-order valence-electron chi connectivity index (χ1n) is 8.19. The van der Waals surface area contributed by atoms with E-state index < -0.39 is 11.9 Å². The molecule has 0 saturated carbocycles. The van der Waals surface area contributed by atoms with Gasteiger partial charge in [0.15, 0.2) is 6.61 Å². The van der Waals surface area contributed by atoms with E-state index in [1.807, 2.05) is 30.3 Å². The molecule has 0 aliphatic heterocycles. The normalized spacial score (nSPS) is 10.3. The lowest BCUT2D eigenvalue weighted by Crippen LogP contribution is -2.30. The van der Waals surface area contributed by atoms with E-state index in [9.17, 15) is 14.4 Å². The number of nitrogens with one attached hydrogen (secondary N) is 1. The molecule has 2 rings (SSSR count). The van der Waals surface area contributed by atoms with Gasteiger partial charge in [-0.05, 0) is 30.2 Å². The molecule has 6 nitrogen and oxygen atoms in total. The largest absolute Gasteiger partial charge is 0.466 e. The van der Waals surface area contributed by atoms with E-state index in [1.54, 1.807) is 19.1 Å². The number of benzene rings is 2. The Hall–Kier alpha value is -2.89. The van der Waals surface area contributed by atoms with Crippen LogP contribution in [0.3, 0.4) is 0 Å². The van der Waals surface area contributed by atoms with Gasteiger partial charge in [0.05, 0.1) is 12.2 Å². The standard InChI is InChI=1S/C19H21NO5/c1-2-24-18(22)11-6-12-20-17(21)13-25-19(23)16-10-5-8-14-7-3-4-9-15(14)16/h3-5,7-10H,2,6,11-13H2,1H3,(H,20,21). The third-order valence-corrected chi connectivity index (χ3v) is 3.53. The maximum atomic E-state index is 12.2. The van der Waals surface area contributed by atoms with Crippen molar-refractivity contribution in [1.82, 2.24) is 5.32 Å². The molecule has 0 saturated heterocycles. The summed E-state index contributed by atoms with van der Waals surface area (Å²) in [4.78, 5) is 35.1. The Bertz CT molecular complexity index is 751. The van der Waals surface area contributed by atoms with Gasteiger partial charge in [-0.25, -0.2) is 4.79 Å². The molecule has 2 aromatic rings. The van der Waals surface area contributed by atoms with Gasteiger partial charge < -0.3 is 14.8 Å². The zero-order valence-corrected chi connectivity index (χ0v) is 14.1. The highest BCUT2D eigenvalue weighted by Crippen LogP contribution is 2.19. The molecule has 132 valence electrons. The third kappa shape index (κ3) is 5.60.